The number of carbonyl (C=O) groups excluding carboxylic acids is 5. The van der Waals surface area contributed by atoms with Crippen LogP contribution in [0.25, 0.3) is 10.8 Å². The lowest BCUT2D eigenvalue weighted by atomic mass is 9.91. The molecule has 0 spiro atoms. The standard InChI is InChI=1S/C32H37ClN4O6/c1-43-32(42)27(10-6-16-35)37-30(40)22(9-4-5-15-34)18-28(38)29(39)25-19-24(33)13-14-26(25)36-31(41)23-12-11-20-7-2-3-8-21(20)17-23/h2-3,7-8,11-14,17,19,22,27H,4-6,9-10,15-16,18,34-35H2,1H3,(H,36,41)(H,37,40). The molecule has 0 fully saturated rings. The van der Waals surface area contributed by atoms with Gasteiger partial charge in [0.25, 0.3) is 5.91 Å². The van der Waals surface area contributed by atoms with E-state index < -0.39 is 47.7 Å². The molecule has 0 aliphatic rings. The van der Waals surface area contributed by atoms with Crippen LogP contribution in [0, 0.1) is 5.92 Å². The minimum atomic E-state index is -0.936. The molecule has 228 valence electrons. The van der Waals surface area contributed by atoms with E-state index >= 15 is 0 Å². The highest BCUT2D eigenvalue weighted by atomic mass is 35.5. The highest BCUT2D eigenvalue weighted by Gasteiger charge is 2.30. The van der Waals surface area contributed by atoms with Gasteiger partial charge in [0, 0.05) is 22.9 Å². The number of esters is 1. The molecule has 0 radical (unpaired) electrons. The Morgan fingerprint density at radius 2 is 1.58 bits per heavy atom. The molecule has 10 nitrogen and oxygen atoms in total. The number of amides is 2. The quantitative estimate of drug-likeness (QED) is 0.0817. The highest BCUT2D eigenvalue weighted by molar-refractivity contribution is 6.45. The number of nitrogens with two attached hydrogens (primary N) is 2. The monoisotopic (exact) mass is 608 g/mol. The molecule has 43 heavy (non-hydrogen) atoms. The molecule has 11 heteroatoms. The van der Waals surface area contributed by atoms with E-state index in [0.29, 0.717) is 37.9 Å². The van der Waals surface area contributed by atoms with E-state index in [-0.39, 0.29) is 29.1 Å². The predicted molar refractivity (Wildman–Crippen MR) is 166 cm³/mol. The number of halogens is 1. The summed E-state index contributed by atoms with van der Waals surface area (Å²) in [7, 11) is 1.21. The number of anilines is 1. The molecule has 0 bridgehead atoms. The number of carbonyl (C=O) groups is 5. The number of nitrogens with one attached hydrogen (secondary N) is 2. The maximum absolute atomic E-state index is 13.4. The van der Waals surface area contributed by atoms with Crippen molar-refractivity contribution in [2.75, 3.05) is 25.5 Å². The SMILES string of the molecule is COC(=O)C(CCCN)NC(=O)C(CCCCN)CC(=O)C(=O)c1cc(Cl)ccc1NC(=O)c1ccc2ccccc2c1. The van der Waals surface area contributed by atoms with E-state index in [1.807, 2.05) is 30.3 Å². The zero-order valence-electron chi connectivity index (χ0n) is 24.1. The summed E-state index contributed by atoms with van der Waals surface area (Å²) in [5.41, 5.74) is 11.5. The lowest BCUT2D eigenvalue weighted by molar-refractivity contribution is -0.146. The van der Waals surface area contributed by atoms with Crippen molar-refractivity contribution in [3.63, 3.8) is 0 Å². The zero-order valence-corrected chi connectivity index (χ0v) is 24.8. The van der Waals surface area contributed by atoms with Gasteiger partial charge in [-0.1, -0.05) is 48.4 Å². The molecule has 0 heterocycles. The minimum absolute atomic E-state index is 0.0943. The number of ketones is 2. The van der Waals surface area contributed by atoms with Gasteiger partial charge in [0.15, 0.2) is 0 Å². The first kappa shape index (κ1) is 33.4. The molecular formula is C32H37ClN4O6. The van der Waals surface area contributed by atoms with E-state index in [4.69, 9.17) is 27.8 Å². The maximum atomic E-state index is 13.4. The van der Waals surface area contributed by atoms with Crippen molar-refractivity contribution in [2.24, 2.45) is 17.4 Å². The Labute approximate surface area is 255 Å². The van der Waals surface area contributed by atoms with Gasteiger partial charge in [0.1, 0.15) is 6.04 Å². The van der Waals surface area contributed by atoms with Gasteiger partial charge in [-0.2, -0.15) is 0 Å². The van der Waals surface area contributed by atoms with Gasteiger partial charge in [-0.15, -0.1) is 0 Å². The molecule has 0 aromatic heterocycles. The van der Waals surface area contributed by atoms with Crippen molar-refractivity contribution in [2.45, 2.75) is 44.6 Å². The van der Waals surface area contributed by atoms with Crippen LogP contribution in [0.5, 0.6) is 0 Å². The molecule has 6 N–H and O–H groups in total. The first-order chi connectivity index (χ1) is 20.7. The first-order valence-corrected chi connectivity index (χ1v) is 14.5. The second kappa shape index (κ2) is 16.5. The van der Waals surface area contributed by atoms with E-state index in [1.54, 1.807) is 12.1 Å². The van der Waals surface area contributed by atoms with E-state index in [1.165, 1.54) is 25.3 Å². The van der Waals surface area contributed by atoms with Crippen LogP contribution in [0.15, 0.2) is 60.7 Å². The van der Waals surface area contributed by atoms with Crippen LogP contribution < -0.4 is 22.1 Å². The highest BCUT2D eigenvalue weighted by Crippen LogP contribution is 2.25. The number of benzene rings is 3. The summed E-state index contributed by atoms with van der Waals surface area (Å²) in [6.45, 7) is 0.709. The summed E-state index contributed by atoms with van der Waals surface area (Å²) < 4.78 is 4.80. The van der Waals surface area contributed by atoms with Gasteiger partial charge in [-0.25, -0.2) is 4.79 Å². The van der Waals surface area contributed by atoms with Crippen LogP contribution in [0.4, 0.5) is 5.69 Å². The third-order valence-corrected chi connectivity index (χ3v) is 7.28. The summed E-state index contributed by atoms with van der Waals surface area (Å²) in [4.78, 5) is 65.2. The van der Waals surface area contributed by atoms with Crippen molar-refractivity contribution in [1.82, 2.24) is 5.32 Å². The Morgan fingerprint density at radius 3 is 2.28 bits per heavy atom. The molecule has 0 saturated carbocycles. The lowest BCUT2D eigenvalue weighted by Crippen LogP contribution is -2.45. The predicted octanol–water partition coefficient (Wildman–Crippen LogP) is 4.03. The Bertz CT molecular complexity index is 1480. The van der Waals surface area contributed by atoms with Crippen LogP contribution in [-0.4, -0.2) is 55.6 Å². The van der Waals surface area contributed by atoms with Crippen molar-refractivity contribution in [3.05, 3.63) is 76.8 Å². The summed E-state index contributed by atoms with van der Waals surface area (Å²) in [6, 6.07) is 16.1. The number of unbranched alkanes of at least 4 members (excludes halogenated alkanes) is 1. The number of rotatable bonds is 16. The van der Waals surface area contributed by atoms with E-state index in [2.05, 4.69) is 10.6 Å². The van der Waals surface area contributed by atoms with E-state index in [0.717, 1.165) is 10.8 Å². The summed E-state index contributed by atoms with van der Waals surface area (Å²) in [5, 5.41) is 7.39. The summed E-state index contributed by atoms with van der Waals surface area (Å²) >= 11 is 6.16. The third kappa shape index (κ3) is 9.44. The van der Waals surface area contributed by atoms with Crippen molar-refractivity contribution < 1.29 is 28.7 Å². The fourth-order valence-corrected chi connectivity index (χ4v) is 4.84. The Hall–Kier alpha value is -4.12. The Morgan fingerprint density at radius 1 is 0.860 bits per heavy atom. The lowest BCUT2D eigenvalue weighted by Gasteiger charge is -2.21. The van der Waals surface area contributed by atoms with Gasteiger partial charge < -0.3 is 26.8 Å². The normalized spacial score (nSPS) is 12.3. The number of hydrogen-bond donors (Lipinski definition) is 4. The van der Waals surface area contributed by atoms with E-state index in [9.17, 15) is 24.0 Å². The average Bonchev–Trinajstić information content (AvgIpc) is 3.02. The molecule has 2 unspecified atom stereocenters. The number of hydrogen-bond acceptors (Lipinski definition) is 8. The minimum Gasteiger partial charge on any atom is -0.467 e. The zero-order chi connectivity index (χ0) is 31.4. The summed E-state index contributed by atoms with van der Waals surface area (Å²) in [6.07, 6.45) is 1.74. The van der Waals surface area contributed by atoms with Crippen molar-refractivity contribution in [3.8, 4) is 0 Å². The second-order valence-electron chi connectivity index (χ2n) is 10.2. The number of ether oxygens (including phenoxy) is 1. The molecule has 3 aromatic carbocycles. The first-order valence-electron chi connectivity index (χ1n) is 14.1. The maximum Gasteiger partial charge on any atom is 0.328 e. The smallest absolute Gasteiger partial charge is 0.328 e. The fraction of sp³-hybridized carbons (Fsp3) is 0.344. The van der Waals surface area contributed by atoms with Crippen LogP contribution in [0.3, 0.4) is 0 Å². The molecule has 0 aliphatic carbocycles. The van der Waals surface area contributed by atoms with Gasteiger partial charge >= 0.3 is 5.97 Å². The van der Waals surface area contributed by atoms with Gasteiger partial charge in [0.05, 0.1) is 18.4 Å². The Balaban J connectivity index is 1.80. The molecule has 3 rings (SSSR count). The Kier molecular flexibility index (Phi) is 12.8. The van der Waals surface area contributed by atoms with Crippen molar-refractivity contribution in [1.29, 1.82) is 0 Å². The number of methoxy groups -OCH3 is 1. The molecule has 2 amide bonds. The fourth-order valence-electron chi connectivity index (χ4n) is 4.67. The largest absolute Gasteiger partial charge is 0.467 e. The molecule has 3 aromatic rings. The molecule has 2 atom stereocenters. The van der Waals surface area contributed by atoms with Gasteiger partial charge in [-0.05, 0) is 79.9 Å². The van der Waals surface area contributed by atoms with Crippen LogP contribution >= 0.6 is 11.6 Å². The number of Topliss-reactive ketones (excluding diaryl/α,β-unsaturated/α-hetero) is 2. The van der Waals surface area contributed by atoms with Gasteiger partial charge in [-0.3, -0.25) is 19.2 Å². The van der Waals surface area contributed by atoms with Crippen LogP contribution in [0.2, 0.25) is 5.02 Å². The van der Waals surface area contributed by atoms with Crippen LogP contribution in [-0.2, 0) is 19.1 Å². The second-order valence-corrected chi connectivity index (χ2v) is 10.6. The van der Waals surface area contributed by atoms with Crippen LogP contribution in [0.1, 0.15) is 59.2 Å². The molecular weight excluding hydrogens is 572 g/mol. The van der Waals surface area contributed by atoms with Crippen molar-refractivity contribution >= 4 is 57.4 Å². The average molecular weight is 609 g/mol. The number of fused-ring (bicyclic) bond motifs is 1. The molecule has 0 saturated heterocycles. The van der Waals surface area contributed by atoms with Gasteiger partial charge in [0.2, 0.25) is 17.5 Å². The topological polar surface area (TPSA) is 171 Å². The summed E-state index contributed by atoms with van der Waals surface area (Å²) in [5.74, 6) is -4.30. The third-order valence-electron chi connectivity index (χ3n) is 7.05. The molecule has 0 aliphatic heterocycles.